The second-order valence-corrected chi connectivity index (χ2v) is 6.20. The molecule has 0 amide bonds. The summed E-state index contributed by atoms with van der Waals surface area (Å²) in [6.45, 7) is 2.29. The predicted molar refractivity (Wildman–Crippen MR) is 84.7 cm³/mol. The Morgan fingerprint density at radius 1 is 0.895 bits per heavy atom. The highest BCUT2D eigenvalue weighted by Crippen LogP contribution is 2.34. The van der Waals surface area contributed by atoms with Crippen molar-refractivity contribution in [1.82, 2.24) is 0 Å². The normalized spacial score (nSPS) is 16.7. The van der Waals surface area contributed by atoms with Crippen LogP contribution in [-0.4, -0.2) is 0 Å². The Bertz CT molecular complexity index is 347. The molecule has 0 radical (unpaired) electrons. The molecule has 1 saturated carbocycles. The molecule has 0 heterocycles. The van der Waals surface area contributed by atoms with Gasteiger partial charge in [-0.1, -0.05) is 76.1 Å². The first-order chi connectivity index (χ1) is 9.42. The lowest BCUT2D eigenvalue weighted by molar-refractivity contribution is 0.441. The molecule has 106 valence electrons. The molecule has 0 spiro atoms. The fraction of sp³-hybridized carbons (Fsp3) is 0.684. The van der Waals surface area contributed by atoms with Crippen LogP contribution < -0.4 is 0 Å². The first-order valence-electron chi connectivity index (χ1n) is 8.49. The average Bonchev–Trinajstić information content (AvgIpc) is 2.48. The topological polar surface area (TPSA) is 0 Å². The molecule has 0 atom stereocenters. The van der Waals surface area contributed by atoms with Gasteiger partial charge in [0.25, 0.3) is 0 Å². The summed E-state index contributed by atoms with van der Waals surface area (Å²) in [5.41, 5.74) is 3.32. The molecular formula is C19H30. The van der Waals surface area contributed by atoms with Gasteiger partial charge >= 0.3 is 0 Å². The summed E-state index contributed by atoms with van der Waals surface area (Å²) < 4.78 is 0. The standard InChI is InChI=1S/C19H30/c1-2-3-4-5-7-12-18-15-10-11-16-19(18)17-13-8-6-9-14-17/h10-11,15-17H,2-9,12-14H2,1H3. The van der Waals surface area contributed by atoms with E-state index in [2.05, 4.69) is 31.2 Å². The van der Waals surface area contributed by atoms with Gasteiger partial charge in [0, 0.05) is 0 Å². The highest BCUT2D eigenvalue weighted by molar-refractivity contribution is 5.30. The molecule has 0 heteroatoms. The Morgan fingerprint density at radius 3 is 2.42 bits per heavy atom. The lowest BCUT2D eigenvalue weighted by Crippen LogP contribution is -2.07. The quantitative estimate of drug-likeness (QED) is 0.507. The van der Waals surface area contributed by atoms with Gasteiger partial charge in [-0.15, -0.1) is 0 Å². The average molecular weight is 258 g/mol. The SMILES string of the molecule is CCCCCCCc1ccccc1C1CCCCC1. The highest BCUT2D eigenvalue weighted by Gasteiger charge is 2.17. The van der Waals surface area contributed by atoms with Crippen molar-refractivity contribution in [3.05, 3.63) is 35.4 Å². The zero-order chi connectivity index (χ0) is 13.3. The minimum absolute atomic E-state index is 0.862. The summed E-state index contributed by atoms with van der Waals surface area (Å²) in [7, 11) is 0. The molecular weight excluding hydrogens is 228 g/mol. The summed E-state index contributed by atoms with van der Waals surface area (Å²) in [5, 5.41) is 0. The molecule has 1 aliphatic rings. The third kappa shape index (κ3) is 4.67. The smallest absolute Gasteiger partial charge is 0.0159 e. The molecule has 1 aliphatic carbocycles. The van der Waals surface area contributed by atoms with Crippen molar-refractivity contribution >= 4 is 0 Å². The van der Waals surface area contributed by atoms with E-state index in [-0.39, 0.29) is 0 Å². The second kappa shape index (κ2) is 8.40. The van der Waals surface area contributed by atoms with Crippen LogP contribution in [0.3, 0.4) is 0 Å². The number of unbranched alkanes of at least 4 members (excludes halogenated alkanes) is 4. The number of hydrogen-bond acceptors (Lipinski definition) is 0. The molecule has 2 rings (SSSR count). The van der Waals surface area contributed by atoms with Gasteiger partial charge in [0.15, 0.2) is 0 Å². The molecule has 0 N–H and O–H groups in total. The van der Waals surface area contributed by atoms with Crippen molar-refractivity contribution in [3.8, 4) is 0 Å². The van der Waals surface area contributed by atoms with E-state index in [1.165, 1.54) is 70.6 Å². The van der Waals surface area contributed by atoms with E-state index >= 15 is 0 Å². The lowest BCUT2D eigenvalue weighted by atomic mass is 9.81. The maximum absolute atomic E-state index is 2.40. The number of hydrogen-bond donors (Lipinski definition) is 0. The van der Waals surface area contributed by atoms with E-state index in [0.717, 1.165) is 5.92 Å². The molecule has 0 aromatic heterocycles. The van der Waals surface area contributed by atoms with Crippen LogP contribution in [0.2, 0.25) is 0 Å². The lowest BCUT2D eigenvalue weighted by Gasteiger charge is -2.24. The third-order valence-corrected chi connectivity index (χ3v) is 4.65. The maximum Gasteiger partial charge on any atom is -0.0159 e. The fourth-order valence-corrected chi connectivity index (χ4v) is 3.49. The van der Waals surface area contributed by atoms with Crippen LogP contribution in [0.5, 0.6) is 0 Å². The summed E-state index contributed by atoms with van der Waals surface area (Å²) >= 11 is 0. The van der Waals surface area contributed by atoms with Crippen molar-refractivity contribution < 1.29 is 0 Å². The van der Waals surface area contributed by atoms with Gasteiger partial charge in [-0.2, -0.15) is 0 Å². The van der Waals surface area contributed by atoms with Crippen LogP contribution in [0.1, 0.15) is 88.2 Å². The van der Waals surface area contributed by atoms with Gasteiger partial charge in [-0.05, 0) is 42.7 Å². The van der Waals surface area contributed by atoms with Gasteiger partial charge in [0.05, 0.1) is 0 Å². The largest absolute Gasteiger partial charge is 0.0654 e. The summed E-state index contributed by atoms with van der Waals surface area (Å²) in [4.78, 5) is 0. The molecule has 0 unspecified atom stereocenters. The Kier molecular flexibility index (Phi) is 6.47. The van der Waals surface area contributed by atoms with Crippen LogP contribution in [0.4, 0.5) is 0 Å². The molecule has 0 bridgehead atoms. The van der Waals surface area contributed by atoms with Gasteiger partial charge in [0.2, 0.25) is 0 Å². The van der Waals surface area contributed by atoms with Crippen LogP contribution in [0.15, 0.2) is 24.3 Å². The molecule has 19 heavy (non-hydrogen) atoms. The van der Waals surface area contributed by atoms with Crippen LogP contribution in [-0.2, 0) is 6.42 Å². The molecule has 0 nitrogen and oxygen atoms in total. The van der Waals surface area contributed by atoms with Crippen LogP contribution in [0, 0.1) is 0 Å². The summed E-state index contributed by atoms with van der Waals surface area (Å²) in [6.07, 6.45) is 15.4. The van der Waals surface area contributed by atoms with E-state index in [9.17, 15) is 0 Å². The second-order valence-electron chi connectivity index (χ2n) is 6.20. The maximum atomic E-state index is 2.40. The fourth-order valence-electron chi connectivity index (χ4n) is 3.49. The molecule has 1 fully saturated rings. The van der Waals surface area contributed by atoms with Crippen LogP contribution >= 0.6 is 0 Å². The Labute approximate surface area is 119 Å². The number of aryl methyl sites for hydroxylation is 1. The zero-order valence-corrected chi connectivity index (χ0v) is 12.7. The van der Waals surface area contributed by atoms with Gasteiger partial charge in [-0.25, -0.2) is 0 Å². The van der Waals surface area contributed by atoms with Crippen molar-refractivity contribution in [3.63, 3.8) is 0 Å². The Balaban J connectivity index is 1.88. The van der Waals surface area contributed by atoms with Gasteiger partial charge in [-0.3, -0.25) is 0 Å². The minimum Gasteiger partial charge on any atom is -0.0654 e. The first-order valence-corrected chi connectivity index (χ1v) is 8.49. The minimum atomic E-state index is 0.862. The van der Waals surface area contributed by atoms with E-state index < -0.39 is 0 Å². The van der Waals surface area contributed by atoms with Crippen molar-refractivity contribution in [1.29, 1.82) is 0 Å². The molecule has 1 aromatic carbocycles. The van der Waals surface area contributed by atoms with Crippen molar-refractivity contribution in [2.45, 2.75) is 83.5 Å². The summed E-state index contributed by atoms with van der Waals surface area (Å²) in [5.74, 6) is 0.862. The zero-order valence-electron chi connectivity index (χ0n) is 12.7. The van der Waals surface area contributed by atoms with Crippen molar-refractivity contribution in [2.75, 3.05) is 0 Å². The highest BCUT2D eigenvalue weighted by atomic mass is 14.2. The molecule has 1 aromatic rings. The predicted octanol–water partition coefficient (Wildman–Crippen LogP) is 6.25. The molecule has 0 aliphatic heterocycles. The van der Waals surface area contributed by atoms with Crippen molar-refractivity contribution in [2.24, 2.45) is 0 Å². The monoisotopic (exact) mass is 258 g/mol. The summed E-state index contributed by atoms with van der Waals surface area (Å²) in [6, 6.07) is 9.25. The van der Waals surface area contributed by atoms with Crippen LogP contribution in [0.25, 0.3) is 0 Å². The first kappa shape index (κ1) is 14.6. The number of rotatable bonds is 7. The van der Waals surface area contributed by atoms with Gasteiger partial charge in [0.1, 0.15) is 0 Å². The third-order valence-electron chi connectivity index (χ3n) is 4.65. The number of benzene rings is 1. The van der Waals surface area contributed by atoms with Gasteiger partial charge < -0.3 is 0 Å². The van der Waals surface area contributed by atoms with E-state index in [4.69, 9.17) is 0 Å². The Morgan fingerprint density at radius 2 is 1.63 bits per heavy atom. The van der Waals surface area contributed by atoms with E-state index in [1.807, 2.05) is 0 Å². The Hall–Kier alpha value is -0.780. The van der Waals surface area contributed by atoms with E-state index in [0.29, 0.717) is 0 Å². The molecule has 0 saturated heterocycles. The van der Waals surface area contributed by atoms with E-state index in [1.54, 1.807) is 11.1 Å².